The topological polar surface area (TPSA) is 86.7 Å². The lowest BCUT2D eigenvalue weighted by atomic mass is 9.96. The van der Waals surface area contributed by atoms with Gasteiger partial charge in [0.25, 0.3) is 5.91 Å². The number of rotatable bonds is 6. The number of nitrogens with zero attached hydrogens (tertiary/aromatic N) is 1. The van der Waals surface area contributed by atoms with E-state index in [0.717, 1.165) is 0 Å². The molecule has 1 saturated heterocycles. The average Bonchev–Trinajstić information content (AvgIpc) is 2.60. The van der Waals surface area contributed by atoms with Gasteiger partial charge in [-0.25, -0.2) is 13.6 Å². The van der Waals surface area contributed by atoms with E-state index >= 15 is 0 Å². The predicted octanol–water partition coefficient (Wildman–Crippen LogP) is 1.76. The van der Waals surface area contributed by atoms with Crippen LogP contribution >= 0.6 is 0 Å². The van der Waals surface area contributed by atoms with E-state index in [1.54, 1.807) is 30.3 Å². The van der Waals surface area contributed by atoms with Crippen LogP contribution in [0.3, 0.4) is 0 Å². The van der Waals surface area contributed by atoms with Gasteiger partial charge in [-0.2, -0.15) is 0 Å². The third-order valence-electron chi connectivity index (χ3n) is 4.13. The maximum Gasteiger partial charge on any atom is 0.326 e. The Kier molecular flexibility index (Phi) is 6.44. The number of nitrogens with one attached hydrogen (secondary N) is 1. The summed E-state index contributed by atoms with van der Waals surface area (Å²) in [6.07, 6.45) is -2.71. The summed E-state index contributed by atoms with van der Waals surface area (Å²) in [4.78, 5) is 37.2. The van der Waals surface area contributed by atoms with Crippen molar-refractivity contribution in [2.24, 2.45) is 5.92 Å². The Balaban J connectivity index is 1.99. The first-order valence-corrected chi connectivity index (χ1v) is 8.04. The van der Waals surface area contributed by atoms with Crippen LogP contribution in [0.25, 0.3) is 0 Å². The summed E-state index contributed by atoms with van der Waals surface area (Å²) in [7, 11) is 0. The molecule has 1 heterocycles. The Labute approximate surface area is 143 Å². The smallest absolute Gasteiger partial charge is 0.326 e. The lowest BCUT2D eigenvalue weighted by Crippen LogP contribution is -2.49. The highest BCUT2D eigenvalue weighted by atomic mass is 19.3. The van der Waals surface area contributed by atoms with Gasteiger partial charge >= 0.3 is 5.97 Å². The first kappa shape index (κ1) is 18.8. The molecular weight excluding hydrogens is 334 g/mol. The van der Waals surface area contributed by atoms with Crippen LogP contribution < -0.4 is 5.32 Å². The van der Waals surface area contributed by atoms with E-state index in [4.69, 9.17) is 5.11 Å². The van der Waals surface area contributed by atoms with Crippen LogP contribution in [0, 0.1) is 5.92 Å². The molecule has 25 heavy (non-hydrogen) atoms. The van der Waals surface area contributed by atoms with E-state index in [1.165, 1.54) is 4.90 Å². The quantitative estimate of drug-likeness (QED) is 0.815. The van der Waals surface area contributed by atoms with Crippen molar-refractivity contribution in [2.45, 2.75) is 31.7 Å². The molecule has 0 aromatic heterocycles. The first-order chi connectivity index (χ1) is 11.9. The molecule has 136 valence electrons. The molecule has 0 aliphatic carbocycles. The highest BCUT2D eigenvalue weighted by Crippen LogP contribution is 2.19. The van der Waals surface area contributed by atoms with Gasteiger partial charge < -0.3 is 15.3 Å². The number of carboxylic acid groups (broad SMARTS) is 1. The number of carbonyl (C=O) groups excluding carboxylic acids is 2. The molecule has 0 spiro atoms. The molecule has 0 saturated carbocycles. The van der Waals surface area contributed by atoms with Gasteiger partial charge in [0.2, 0.25) is 12.3 Å². The van der Waals surface area contributed by atoms with Crippen LogP contribution in [0.5, 0.6) is 0 Å². The lowest BCUT2D eigenvalue weighted by Gasteiger charge is -2.32. The monoisotopic (exact) mass is 354 g/mol. The van der Waals surface area contributed by atoms with Crippen LogP contribution in [-0.2, 0) is 9.59 Å². The van der Waals surface area contributed by atoms with E-state index in [9.17, 15) is 23.2 Å². The molecule has 0 bridgehead atoms. The van der Waals surface area contributed by atoms with Crippen molar-refractivity contribution in [3.05, 3.63) is 35.9 Å². The minimum Gasteiger partial charge on any atom is -0.480 e. The molecule has 1 aliphatic heterocycles. The van der Waals surface area contributed by atoms with Gasteiger partial charge in [-0.3, -0.25) is 9.59 Å². The Hall–Kier alpha value is -2.51. The fourth-order valence-corrected chi connectivity index (χ4v) is 2.83. The van der Waals surface area contributed by atoms with Gasteiger partial charge in [-0.1, -0.05) is 18.2 Å². The van der Waals surface area contributed by atoms with Crippen molar-refractivity contribution in [3.63, 3.8) is 0 Å². The number of alkyl halides is 2. The standard InChI is InChI=1S/C17H20F2N2O4/c18-14(19)9-13(17(24)25)20-15(22)12-7-4-8-21(10-12)16(23)11-5-2-1-3-6-11/h1-3,5-6,12-14H,4,7-10H2,(H,20,22)(H,24,25). The molecule has 2 amide bonds. The van der Waals surface area contributed by atoms with Gasteiger partial charge in [0.05, 0.1) is 5.92 Å². The number of carbonyl (C=O) groups is 3. The minimum absolute atomic E-state index is 0.139. The summed E-state index contributed by atoms with van der Waals surface area (Å²) < 4.78 is 24.9. The zero-order chi connectivity index (χ0) is 18.4. The van der Waals surface area contributed by atoms with E-state index in [-0.39, 0.29) is 12.5 Å². The summed E-state index contributed by atoms with van der Waals surface area (Å²) >= 11 is 0. The number of likely N-dealkylation sites (tertiary alicyclic amines) is 1. The molecule has 2 unspecified atom stereocenters. The zero-order valence-electron chi connectivity index (χ0n) is 13.5. The summed E-state index contributed by atoms with van der Waals surface area (Å²) in [6.45, 7) is 0.636. The van der Waals surface area contributed by atoms with E-state index < -0.39 is 36.7 Å². The highest BCUT2D eigenvalue weighted by Gasteiger charge is 2.32. The Bertz CT molecular complexity index is 624. The molecular formula is C17H20F2N2O4. The molecule has 2 rings (SSSR count). The number of amides is 2. The van der Waals surface area contributed by atoms with Crippen LogP contribution in [0.4, 0.5) is 8.78 Å². The van der Waals surface area contributed by atoms with E-state index in [0.29, 0.717) is 24.9 Å². The number of piperidine rings is 1. The highest BCUT2D eigenvalue weighted by molar-refractivity contribution is 5.94. The summed E-state index contributed by atoms with van der Waals surface area (Å²) in [5.74, 6) is -2.93. The minimum atomic E-state index is -2.83. The molecule has 1 aliphatic rings. The number of benzene rings is 1. The van der Waals surface area contributed by atoms with Gasteiger partial charge in [0.15, 0.2) is 0 Å². The van der Waals surface area contributed by atoms with Gasteiger partial charge in [0, 0.05) is 25.1 Å². The van der Waals surface area contributed by atoms with Crippen LogP contribution in [-0.4, -0.2) is 53.3 Å². The van der Waals surface area contributed by atoms with Crippen molar-refractivity contribution in [2.75, 3.05) is 13.1 Å². The van der Waals surface area contributed by atoms with Crippen molar-refractivity contribution < 1.29 is 28.3 Å². The lowest BCUT2D eigenvalue weighted by molar-refractivity contribution is -0.144. The fraction of sp³-hybridized carbons (Fsp3) is 0.471. The second kappa shape index (κ2) is 8.55. The van der Waals surface area contributed by atoms with E-state index in [2.05, 4.69) is 5.32 Å². The second-order valence-corrected chi connectivity index (χ2v) is 5.98. The maximum atomic E-state index is 12.4. The largest absolute Gasteiger partial charge is 0.480 e. The van der Waals surface area contributed by atoms with Crippen LogP contribution in [0.15, 0.2) is 30.3 Å². The SMILES string of the molecule is O=C(NC(CC(F)F)C(=O)O)C1CCCN(C(=O)c2ccccc2)C1. The maximum absolute atomic E-state index is 12.4. The summed E-state index contributed by atoms with van der Waals surface area (Å²) in [5, 5.41) is 11.1. The molecule has 2 N–H and O–H groups in total. The third kappa shape index (κ3) is 5.23. The molecule has 8 heteroatoms. The van der Waals surface area contributed by atoms with Gasteiger partial charge in [0.1, 0.15) is 6.04 Å². The van der Waals surface area contributed by atoms with Gasteiger partial charge in [-0.05, 0) is 25.0 Å². The van der Waals surface area contributed by atoms with Crippen LogP contribution in [0.2, 0.25) is 0 Å². The van der Waals surface area contributed by atoms with Crippen molar-refractivity contribution in [1.29, 1.82) is 0 Å². The molecule has 1 aromatic rings. The molecule has 0 radical (unpaired) electrons. The number of aliphatic carboxylic acids is 1. The first-order valence-electron chi connectivity index (χ1n) is 8.04. The zero-order valence-corrected chi connectivity index (χ0v) is 13.5. The Morgan fingerprint density at radius 2 is 1.92 bits per heavy atom. The molecule has 2 atom stereocenters. The Morgan fingerprint density at radius 3 is 2.52 bits per heavy atom. The average molecular weight is 354 g/mol. The third-order valence-corrected chi connectivity index (χ3v) is 4.13. The fourth-order valence-electron chi connectivity index (χ4n) is 2.83. The second-order valence-electron chi connectivity index (χ2n) is 5.98. The normalized spacial score (nSPS) is 18.7. The Morgan fingerprint density at radius 1 is 1.24 bits per heavy atom. The predicted molar refractivity (Wildman–Crippen MR) is 85.3 cm³/mol. The van der Waals surface area contributed by atoms with Crippen LogP contribution in [0.1, 0.15) is 29.6 Å². The molecule has 1 aromatic carbocycles. The van der Waals surface area contributed by atoms with Crippen molar-refractivity contribution in [1.82, 2.24) is 10.2 Å². The number of hydrogen-bond acceptors (Lipinski definition) is 3. The number of carboxylic acids is 1. The van der Waals surface area contributed by atoms with E-state index in [1.807, 2.05) is 0 Å². The summed E-state index contributed by atoms with van der Waals surface area (Å²) in [5.41, 5.74) is 0.504. The number of hydrogen-bond donors (Lipinski definition) is 2. The molecule has 1 fully saturated rings. The molecule has 6 nitrogen and oxygen atoms in total. The van der Waals surface area contributed by atoms with Gasteiger partial charge in [-0.15, -0.1) is 0 Å². The number of halogens is 2. The summed E-state index contributed by atoms with van der Waals surface area (Å²) in [6, 6.07) is 6.99. The van der Waals surface area contributed by atoms with Crippen molar-refractivity contribution >= 4 is 17.8 Å². The van der Waals surface area contributed by atoms with Crippen molar-refractivity contribution in [3.8, 4) is 0 Å².